The van der Waals surface area contributed by atoms with Crippen molar-refractivity contribution in [1.82, 2.24) is 19.8 Å². The van der Waals surface area contributed by atoms with Crippen LogP contribution in [0.3, 0.4) is 0 Å². The molecule has 1 aliphatic rings. The summed E-state index contributed by atoms with van der Waals surface area (Å²) in [6.07, 6.45) is 1.78. The smallest absolute Gasteiger partial charge is 0.258 e. The van der Waals surface area contributed by atoms with Crippen molar-refractivity contribution in [2.45, 2.75) is 20.3 Å². The molecule has 2 aromatic carbocycles. The fourth-order valence-electron chi connectivity index (χ4n) is 4.72. The quantitative estimate of drug-likeness (QED) is 0.251. The number of amides is 2. The number of thiophene rings is 1. The molecule has 0 unspecified atom stereocenters. The summed E-state index contributed by atoms with van der Waals surface area (Å²) in [7, 11) is 1.50. The Balaban J connectivity index is 1.28. The van der Waals surface area contributed by atoms with Crippen LogP contribution < -0.4 is 15.4 Å². The van der Waals surface area contributed by atoms with Gasteiger partial charge in [-0.15, -0.1) is 11.3 Å². The lowest BCUT2D eigenvalue weighted by molar-refractivity contribution is -0.132. The van der Waals surface area contributed by atoms with Crippen LogP contribution in [0.2, 0.25) is 10.0 Å². The number of piperazine rings is 1. The molecule has 1 fully saturated rings. The van der Waals surface area contributed by atoms with Crippen LogP contribution in [0.25, 0.3) is 10.2 Å². The molecule has 0 bridgehead atoms. The number of carbonyl (C=O) groups is 2. The predicted molar refractivity (Wildman–Crippen MR) is 165 cm³/mol. The number of hydrogen-bond donors (Lipinski definition) is 2. The maximum Gasteiger partial charge on any atom is 0.258 e. The Bertz CT molecular complexity index is 1590. The standard InChI is InChI=1S/C29H30Cl2N6O3S/c1-4-36-9-11-37(12-10-36)22(38)14-18-5-7-19(8-6-18)34-28-27-25(32-16-33-28)20(15-41-27)29(39)35-26-23(30)17(2)13-21(40-3)24(26)31/h5-8,13,15-16H,4,9-12,14H2,1-3H3,(H,35,39)(H,32,33,34). The molecule has 12 heteroatoms. The third kappa shape index (κ3) is 6.25. The Labute approximate surface area is 252 Å². The molecule has 0 aliphatic carbocycles. The average Bonchev–Trinajstić information content (AvgIpc) is 3.43. The van der Waals surface area contributed by atoms with Crippen LogP contribution in [-0.2, 0) is 11.2 Å². The summed E-state index contributed by atoms with van der Waals surface area (Å²) in [5.41, 5.74) is 3.63. The van der Waals surface area contributed by atoms with Crippen molar-refractivity contribution in [3.8, 4) is 5.75 Å². The first-order valence-electron chi connectivity index (χ1n) is 13.2. The number of nitrogens with one attached hydrogen (secondary N) is 2. The van der Waals surface area contributed by atoms with E-state index in [0.29, 0.717) is 34.1 Å². The fraction of sp³-hybridized carbons (Fsp3) is 0.310. The highest BCUT2D eigenvalue weighted by molar-refractivity contribution is 7.18. The second-order valence-corrected chi connectivity index (χ2v) is 11.4. The molecule has 214 valence electrons. The number of aryl methyl sites for hydroxylation is 1. The van der Waals surface area contributed by atoms with E-state index in [1.807, 2.05) is 29.2 Å². The van der Waals surface area contributed by atoms with Crippen LogP contribution in [0, 0.1) is 6.92 Å². The van der Waals surface area contributed by atoms with Gasteiger partial charge in [-0.05, 0) is 42.8 Å². The van der Waals surface area contributed by atoms with Crippen LogP contribution in [-0.4, -0.2) is 71.4 Å². The Morgan fingerprint density at radius 3 is 2.49 bits per heavy atom. The van der Waals surface area contributed by atoms with E-state index < -0.39 is 5.91 Å². The molecule has 3 heterocycles. The predicted octanol–water partition coefficient (Wildman–Crippen LogP) is 6.02. The van der Waals surface area contributed by atoms with Crippen LogP contribution in [0.15, 0.2) is 42.0 Å². The average molecular weight is 614 g/mol. The SMILES string of the molecule is CCN1CCN(C(=O)Cc2ccc(Nc3ncnc4c(C(=O)Nc5c(Cl)c(C)cc(OC)c5Cl)csc34)cc2)CC1. The molecule has 0 spiro atoms. The number of halogens is 2. The lowest BCUT2D eigenvalue weighted by atomic mass is 10.1. The van der Waals surface area contributed by atoms with Gasteiger partial charge < -0.3 is 25.2 Å². The normalized spacial score (nSPS) is 13.8. The van der Waals surface area contributed by atoms with Crippen molar-refractivity contribution in [2.75, 3.05) is 50.5 Å². The molecular weight excluding hydrogens is 583 g/mol. The Morgan fingerprint density at radius 1 is 1.07 bits per heavy atom. The maximum atomic E-state index is 13.3. The molecule has 0 saturated carbocycles. The van der Waals surface area contributed by atoms with Gasteiger partial charge in [0, 0.05) is 37.2 Å². The first-order valence-corrected chi connectivity index (χ1v) is 14.8. The van der Waals surface area contributed by atoms with Gasteiger partial charge in [-0.25, -0.2) is 9.97 Å². The second kappa shape index (κ2) is 12.6. The van der Waals surface area contributed by atoms with E-state index in [1.54, 1.807) is 18.4 Å². The number of fused-ring (bicyclic) bond motifs is 1. The maximum absolute atomic E-state index is 13.3. The molecule has 0 atom stereocenters. The molecule has 5 rings (SSSR count). The van der Waals surface area contributed by atoms with Gasteiger partial charge in [-0.3, -0.25) is 9.59 Å². The van der Waals surface area contributed by atoms with E-state index in [9.17, 15) is 9.59 Å². The summed E-state index contributed by atoms with van der Waals surface area (Å²) >= 11 is 14.2. The lowest BCUT2D eigenvalue weighted by Crippen LogP contribution is -2.48. The van der Waals surface area contributed by atoms with Gasteiger partial charge in [-0.2, -0.15) is 0 Å². The van der Waals surface area contributed by atoms with Crippen molar-refractivity contribution in [1.29, 1.82) is 0 Å². The molecule has 41 heavy (non-hydrogen) atoms. The van der Waals surface area contributed by atoms with Gasteiger partial charge in [0.25, 0.3) is 5.91 Å². The van der Waals surface area contributed by atoms with Gasteiger partial charge in [0.2, 0.25) is 5.91 Å². The molecular formula is C29H30Cl2N6O3S. The van der Waals surface area contributed by atoms with Gasteiger partial charge in [0.1, 0.15) is 17.1 Å². The first-order chi connectivity index (χ1) is 19.8. The third-order valence-electron chi connectivity index (χ3n) is 7.15. The zero-order valence-electron chi connectivity index (χ0n) is 23.0. The molecule has 2 amide bonds. The van der Waals surface area contributed by atoms with Crippen molar-refractivity contribution in [3.05, 3.63) is 68.8 Å². The number of ether oxygens (including phenoxy) is 1. The van der Waals surface area contributed by atoms with Gasteiger partial charge in [-0.1, -0.05) is 42.3 Å². The van der Waals surface area contributed by atoms with Crippen molar-refractivity contribution >= 4 is 73.8 Å². The van der Waals surface area contributed by atoms with Gasteiger partial charge in [0.15, 0.2) is 5.82 Å². The zero-order chi connectivity index (χ0) is 29.1. The number of rotatable bonds is 8. The lowest BCUT2D eigenvalue weighted by Gasteiger charge is -2.34. The second-order valence-electron chi connectivity index (χ2n) is 9.72. The summed E-state index contributed by atoms with van der Waals surface area (Å²) in [5.74, 6) is 0.737. The molecule has 0 radical (unpaired) electrons. The molecule has 2 aromatic heterocycles. The Kier molecular flexibility index (Phi) is 8.94. The summed E-state index contributed by atoms with van der Waals surface area (Å²) < 4.78 is 6.03. The highest BCUT2D eigenvalue weighted by Crippen LogP contribution is 2.41. The molecule has 4 aromatic rings. The number of aromatic nitrogens is 2. The number of likely N-dealkylation sites (N-methyl/N-ethyl adjacent to an activating group) is 1. The molecule has 9 nitrogen and oxygen atoms in total. The Hall–Kier alpha value is -3.44. The van der Waals surface area contributed by atoms with Crippen molar-refractivity contribution < 1.29 is 14.3 Å². The van der Waals surface area contributed by atoms with Crippen molar-refractivity contribution in [3.63, 3.8) is 0 Å². The minimum absolute atomic E-state index is 0.148. The number of methoxy groups -OCH3 is 1. The largest absolute Gasteiger partial charge is 0.495 e. The Morgan fingerprint density at radius 2 is 1.80 bits per heavy atom. The molecule has 1 saturated heterocycles. The highest BCUT2D eigenvalue weighted by atomic mass is 35.5. The van der Waals surface area contributed by atoms with E-state index in [-0.39, 0.29) is 16.6 Å². The van der Waals surface area contributed by atoms with E-state index in [0.717, 1.165) is 54.2 Å². The minimum Gasteiger partial charge on any atom is -0.495 e. The van der Waals surface area contributed by atoms with Crippen LogP contribution >= 0.6 is 34.5 Å². The summed E-state index contributed by atoms with van der Waals surface area (Å²) in [6, 6.07) is 9.43. The molecule has 1 aliphatic heterocycles. The number of hydrogen-bond acceptors (Lipinski definition) is 8. The summed E-state index contributed by atoms with van der Waals surface area (Å²) in [5, 5.41) is 8.41. The number of anilines is 3. The summed E-state index contributed by atoms with van der Waals surface area (Å²) in [4.78, 5) is 39.1. The summed E-state index contributed by atoms with van der Waals surface area (Å²) in [6.45, 7) is 8.36. The van der Waals surface area contributed by atoms with Crippen LogP contribution in [0.5, 0.6) is 5.75 Å². The molecule has 2 N–H and O–H groups in total. The van der Waals surface area contributed by atoms with Crippen LogP contribution in [0.1, 0.15) is 28.4 Å². The van der Waals surface area contributed by atoms with Gasteiger partial charge >= 0.3 is 0 Å². The zero-order valence-corrected chi connectivity index (χ0v) is 25.3. The van der Waals surface area contributed by atoms with E-state index in [4.69, 9.17) is 27.9 Å². The highest BCUT2D eigenvalue weighted by Gasteiger charge is 2.22. The minimum atomic E-state index is -0.400. The topological polar surface area (TPSA) is 99.7 Å². The first kappa shape index (κ1) is 29.1. The van der Waals surface area contributed by atoms with Crippen molar-refractivity contribution in [2.24, 2.45) is 0 Å². The van der Waals surface area contributed by atoms with E-state index >= 15 is 0 Å². The van der Waals surface area contributed by atoms with Gasteiger partial charge in [0.05, 0.1) is 40.0 Å². The van der Waals surface area contributed by atoms with E-state index in [2.05, 4.69) is 32.4 Å². The number of benzene rings is 2. The van der Waals surface area contributed by atoms with Crippen LogP contribution in [0.4, 0.5) is 17.2 Å². The third-order valence-corrected chi connectivity index (χ3v) is 8.99. The van der Waals surface area contributed by atoms with E-state index in [1.165, 1.54) is 24.8 Å². The number of carbonyl (C=O) groups excluding carboxylic acids is 2. The number of nitrogens with zero attached hydrogens (tertiary/aromatic N) is 4. The monoisotopic (exact) mass is 612 g/mol. The fourth-order valence-corrected chi connectivity index (χ4v) is 6.18.